The predicted molar refractivity (Wildman–Crippen MR) is 185 cm³/mol. The fourth-order valence-electron chi connectivity index (χ4n) is 7.93. The van der Waals surface area contributed by atoms with E-state index in [9.17, 15) is 0 Å². The molecule has 0 radical (unpaired) electrons. The second-order valence-corrected chi connectivity index (χ2v) is 12.5. The smallest absolute Gasteiger partial charge is 0.0165 e. The Morgan fingerprint density at radius 1 is 0.349 bits per heavy atom. The first-order chi connectivity index (χ1) is 21.1. The first-order valence-corrected chi connectivity index (χ1v) is 15.2. The third-order valence-electron chi connectivity index (χ3n) is 9.80. The van der Waals surface area contributed by atoms with Gasteiger partial charge in [0, 0.05) is 5.41 Å². The normalized spacial score (nSPS) is 13.5. The number of fused-ring (bicyclic) bond motifs is 7. The first-order valence-electron chi connectivity index (χ1n) is 15.2. The SMILES string of the molecule is CC1(C)c2cc3ccccc3cc2-c2cccc(-c3c4ccccc4c(-c4cccc5ccccc45)c4ccccc34)c21. The highest BCUT2D eigenvalue weighted by molar-refractivity contribution is 6.24. The van der Waals surface area contributed by atoms with Crippen LogP contribution in [0, 0.1) is 0 Å². The van der Waals surface area contributed by atoms with Crippen molar-refractivity contribution in [1.82, 2.24) is 0 Å². The summed E-state index contributed by atoms with van der Waals surface area (Å²) in [5.74, 6) is 0. The van der Waals surface area contributed by atoms with Crippen LogP contribution in [-0.2, 0) is 5.41 Å². The van der Waals surface area contributed by atoms with E-state index in [2.05, 4.69) is 159 Å². The van der Waals surface area contributed by atoms with Crippen molar-refractivity contribution in [3.8, 4) is 33.4 Å². The van der Waals surface area contributed by atoms with Gasteiger partial charge < -0.3 is 0 Å². The van der Waals surface area contributed by atoms with E-state index in [0.29, 0.717) is 0 Å². The van der Waals surface area contributed by atoms with Gasteiger partial charge in [0.1, 0.15) is 0 Å². The lowest BCUT2D eigenvalue weighted by Crippen LogP contribution is -2.16. The third kappa shape index (κ3) is 3.38. The molecule has 0 heterocycles. The molecular weight excluding hydrogens is 516 g/mol. The highest BCUT2D eigenvalue weighted by atomic mass is 14.4. The van der Waals surface area contributed by atoms with Gasteiger partial charge in [0.2, 0.25) is 0 Å². The molecular formula is C43H30. The largest absolute Gasteiger partial charge is 0.0616 e. The third-order valence-corrected chi connectivity index (χ3v) is 9.80. The van der Waals surface area contributed by atoms with Crippen molar-refractivity contribution in [2.45, 2.75) is 19.3 Å². The summed E-state index contributed by atoms with van der Waals surface area (Å²) in [5, 5.41) is 10.4. The predicted octanol–water partition coefficient (Wildman–Crippen LogP) is 11.9. The van der Waals surface area contributed by atoms with E-state index in [1.807, 2.05) is 0 Å². The average Bonchev–Trinajstić information content (AvgIpc) is 3.28. The van der Waals surface area contributed by atoms with Crippen molar-refractivity contribution in [2.24, 2.45) is 0 Å². The summed E-state index contributed by atoms with van der Waals surface area (Å²) >= 11 is 0. The maximum absolute atomic E-state index is 2.42. The van der Waals surface area contributed by atoms with E-state index in [0.717, 1.165) is 0 Å². The lowest BCUT2D eigenvalue weighted by molar-refractivity contribution is 0.663. The molecule has 9 rings (SSSR count). The molecule has 0 saturated carbocycles. The Labute approximate surface area is 251 Å². The molecule has 1 aliphatic rings. The van der Waals surface area contributed by atoms with Crippen LogP contribution in [0.3, 0.4) is 0 Å². The van der Waals surface area contributed by atoms with Crippen LogP contribution in [0.2, 0.25) is 0 Å². The maximum atomic E-state index is 2.42. The van der Waals surface area contributed by atoms with E-state index in [1.165, 1.54) is 87.6 Å². The van der Waals surface area contributed by atoms with Crippen LogP contribution < -0.4 is 0 Å². The number of benzene rings is 8. The molecule has 43 heavy (non-hydrogen) atoms. The van der Waals surface area contributed by atoms with Crippen LogP contribution in [0.5, 0.6) is 0 Å². The van der Waals surface area contributed by atoms with Gasteiger partial charge in [0.15, 0.2) is 0 Å². The van der Waals surface area contributed by atoms with Crippen LogP contribution >= 0.6 is 0 Å². The molecule has 202 valence electrons. The molecule has 0 heteroatoms. The average molecular weight is 547 g/mol. The Morgan fingerprint density at radius 2 is 0.791 bits per heavy atom. The molecule has 0 saturated heterocycles. The van der Waals surface area contributed by atoms with E-state index < -0.39 is 0 Å². The molecule has 0 aliphatic heterocycles. The first kappa shape index (κ1) is 24.4. The van der Waals surface area contributed by atoms with Crippen LogP contribution in [0.1, 0.15) is 25.0 Å². The summed E-state index contributed by atoms with van der Waals surface area (Å²) in [6.45, 7) is 4.82. The molecule has 0 amide bonds. The van der Waals surface area contributed by atoms with Crippen molar-refractivity contribution in [3.63, 3.8) is 0 Å². The second kappa shape index (κ2) is 8.90. The van der Waals surface area contributed by atoms with Gasteiger partial charge in [-0.1, -0.05) is 147 Å². The zero-order valence-electron chi connectivity index (χ0n) is 24.4. The van der Waals surface area contributed by atoms with Gasteiger partial charge in [-0.25, -0.2) is 0 Å². The van der Waals surface area contributed by atoms with Crippen molar-refractivity contribution >= 4 is 43.1 Å². The molecule has 0 aromatic heterocycles. The fraction of sp³-hybridized carbons (Fsp3) is 0.0698. The molecule has 0 fully saturated rings. The summed E-state index contributed by atoms with van der Waals surface area (Å²) < 4.78 is 0. The molecule has 8 aromatic rings. The van der Waals surface area contributed by atoms with Gasteiger partial charge in [-0.15, -0.1) is 0 Å². The molecule has 1 aliphatic carbocycles. The monoisotopic (exact) mass is 546 g/mol. The highest BCUT2D eigenvalue weighted by Gasteiger charge is 2.38. The molecule has 0 atom stereocenters. The second-order valence-electron chi connectivity index (χ2n) is 12.5. The summed E-state index contributed by atoms with van der Waals surface area (Å²) in [4.78, 5) is 0. The summed E-state index contributed by atoms with van der Waals surface area (Å²) in [6, 6.07) is 54.1. The molecule has 0 spiro atoms. The van der Waals surface area contributed by atoms with Crippen molar-refractivity contribution in [1.29, 1.82) is 0 Å². The molecule has 0 N–H and O–H groups in total. The minimum Gasteiger partial charge on any atom is -0.0616 e. The minimum atomic E-state index is -0.137. The quantitative estimate of drug-likeness (QED) is 0.189. The Morgan fingerprint density at radius 3 is 1.44 bits per heavy atom. The number of rotatable bonds is 2. The number of hydrogen-bond donors (Lipinski definition) is 0. The Balaban J connectivity index is 1.41. The Bertz CT molecular complexity index is 2360. The Kier molecular flexibility index (Phi) is 5.05. The van der Waals surface area contributed by atoms with E-state index in [1.54, 1.807) is 0 Å². The van der Waals surface area contributed by atoms with Crippen LogP contribution in [0.25, 0.3) is 76.5 Å². The van der Waals surface area contributed by atoms with Crippen LogP contribution in [0.15, 0.2) is 146 Å². The van der Waals surface area contributed by atoms with Gasteiger partial charge in [-0.2, -0.15) is 0 Å². The lowest BCUT2D eigenvalue weighted by Gasteiger charge is -2.26. The summed E-state index contributed by atoms with van der Waals surface area (Å²) in [7, 11) is 0. The summed E-state index contributed by atoms with van der Waals surface area (Å²) in [5.41, 5.74) is 10.7. The van der Waals surface area contributed by atoms with Gasteiger partial charge in [0.05, 0.1) is 0 Å². The van der Waals surface area contributed by atoms with E-state index in [4.69, 9.17) is 0 Å². The standard InChI is InChI=1S/C43H30/c1-43(2)39-26-29-15-4-3-14-28(29)25-38(39)36-23-12-24-37(42(36)43)41-34-20-9-7-18-32(34)40(33-19-8-10-21-35(33)41)31-22-11-16-27-13-5-6-17-30(27)31/h3-26H,1-2H3. The summed E-state index contributed by atoms with van der Waals surface area (Å²) in [6.07, 6.45) is 0. The minimum absolute atomic E-state index is 0.137. The molecule has 0 bridgehead atoms. The van der Waals surface area contributed by atoms with E-state index >= 15 is 0 Å². The van der Waals surface area contributed by atoms with Gasteiger partial charge in [0.25, 0.3) is 0 Å². The highest BCUT2D eigenvalue weighted by Crippen LogP contribution is 2.55. The van der Waals surface area contributed by atoms with Gasteiger partial charge >= 0.3 is 0 Å². The maximum Gasteiger partial charge on any atom is 0.0165 e. The molecule has 0 unspecified atom stereocenters. The molecule has 8 aromatic carbocycles. The van der Waals surface area contributed by atoms with Crippen LogP contribution in [-0.4, -0.2) is 0 Å². The number of hydrogen-bond acceptors (Lipinski definition) is 0. The van der Waals surface area contributed by atoms with Crippen LogP contribution in [0.4, 0.5) is 0 Å². The molecule has 0 nitrogen and oxygen atoms in total. The fourth-order valence-corrected chi connectivity index (χ4v) is 7.93. The van der Waals surface area contributed by atoms with E-state index in [-0.39, 0.29) is 5.41 Å². The van der Waals surface area contributed by atoms with Gasteiger partial charge in [-0.05, 0) is 99.7 Å². The zero-order valence-corrected chi connectivity index (χ0v) is 24.4. The van der Waals surface area contributed by atoms with Crippen molar-refractivity contribution in [2.75, 3.05) is 0 Å². The topological polar surface area (TPSA) is 0 Å². The van der Waals surface area contributed by atoms with Crippen molar-refractivity contribution < 1.29 is 0 Å². The zero-order chi connectivity index (χ0) is 28.7. The lowest BCUT2D eigenvalue weighted by atomic mass is 9.76. The Hall–Kier alpha value is -5.20. The van der Waals surface area contributed by atoms with Crippen molar-refractivity contribution in [3.05, 3.63) is 157 Å². The van der Waals surface area contributed by atoms with Gasteiger partial charge in [-0.3, -0.25) is 0 Å².